The van der Waals surface area contributed by atoms with Gasteiger partial charge in [-0.25, -0.2) is 0 Å². The molecular weight excluding hydrogens is 418 g/mol. The molecule has 0 bridgehead atoms. The third-order valence-electron chi connectivity index (χ3n) is 4.43. The lowest BCUT2D eigenvalue weighted by molar-refractivity contribution is -0.144. The number of halogens is 1. The lowest BCUT2D eigenvalue weighted by Crippen LogP contribution is -2.49. The minimum absolute atomic E-state index is 0.292. The molecule has 142 valence electrons. The van der Waals surface area contributed by atoms with Crippen molar-refractivity contribution in [3.63, 3.8) is 0 Å². The van der Waals surface area contributed by atoms with Gasteiger partial charge in [-0.3, -0.25) is 34.9 Å². The molecule has 1 aliphatic carbocycles. The summed E-state index contributed by atoms with van der Waals surface area (Å²) in [6.07, 6.45) is 4.78. The average molecular weight is 436 g/mol. The van der Waals surface area contributed by atoms with E-state index < -0.39 is 18.4 Å². The first-order valence-electron chi connectivity index (χ1n) is 8.42. The average Bonchev–Trinajstić information content (AvgIpc) is 2.91. The van der Waals surface area contributed by atoms with Crippen LogP contribution in [-0.4, -0.2) is 41.7 Å². The van der Waals surface area contributed by atoms with Crippen LogP contribution < -0.4 is 15.6 Å². The second kappa shape index (κ2) is 8.34. The monoisotopic (exact) mass is 435 g/mol. The third kappa shape index (κ3) is 4.54. The molecule has 2 atom stereocenters. The summed E-state index contributed by atoms with van der Waals surface area (Å²) in [7, 11) is 0. The number of hydrogen-bond donors (Lipinski definition) is 2. The molecule has 0 radical (unpaired) electrons. The Labute approximate surface area is 164 Å². The van der Waals surface area contributed by atoms with Crippen LogP contribution in [0.4, 0.5) is 0 Å². The van der Waals surface area contributed by atoms with Gasteiger partial charge in [-0.2, -0.15) is 0 Å². The molecule has 3 rings (SSSR count). The van der Waals surface area contributed by atoms with E-state index >= 15 is 0 Å². The lowest BCUT2D eigenvalue weighted by Gasteiger charge is -2.15. The molecule has 27 heavy (non-hydrogen) atoms. The minimum Gasteiger partial charge on any atom is -0.484 e. The third-order valence-corrected chi connectivity index (χ3v) is 4.95. The van der Waals surface area contributed by atoms with E-state index in [2.05, 4.69) is 26.8 Å². The van der Waals surface area contributed by atoms with Crippen LogP contribution in [0, 0.1) is 11.8 Å². The number of allylic oxidation sites excluding steroid dienone is 2. The second-order valence-corrected chi connectivity index (χ2v) is 7.17. The van der Waals surface area contributed by atoms with Crippen molar-refractivity contribution in [2.75, 3.05) is 13.2 Å². The van der Waals surface area contributed by atoms with Crippen molar-refractivity contribution < 1.29 is 23.9 Å². The fraction of sp³-hybridized carbons (Fsp3) is 0.333. The van der Waals surface area contributed by atoms with Gasteiger partial charge in [0.25, 0.3) is 11.8 Å². The van der Waals surface area contributed by atoms with Crippen LogP contribution in [0.5, 0.6) is 5.75 Å². The highest BCUT2D eigenvalue weighted by atomic mass is 79.9. The van der Waals surface area contributed by atoms with E-state index in [4.69, 9.17) is 4.74 Å². The number of fused-ring (bicyclic) bond motifs is 1. The van der Waals surface area contributed by atoms with Crippen molar-refractivity contribution in [3.05, 3.63) is 40.9 Å². The van der Waals surface area contributed by atoms with Gasteiger partial charge >= 0.3 is 0 Å². The first-order chi connectivity index (χ1) is 13.0. The van der Waals surface area contributed by atoms with Crippen molar-refractivity contribution in [2.45, 2.75) is 12.8 Å². The molecule has 0 saturated carbocycles. The van der Waals surface area contributed by atoms with Gasteiger partial charge in [0.15, 0.2) is 6.61 Å². The number of amides is 4. The van der Waals surface area contributed by atoms with Gasteiger partial charge in [0.1, 0.15) is 12.3 Å². The molecule has 0 unspecified atom stereocenters. The highest BCUT2D eigenvalue weighted by molar-refractivity contribution is 9.10. The molecular formula is C18H18BrN3O5. The largest absolute Gasteiger partial charge is 0.484 e. The number of hydrogen-bond acceptors (Lipinski definition) is 5. The molecule has 9 heteroatoms. The van der Waals surface area contributed by atoms with Crippen LogP contribution in [0.3, 0.4) is 0 Å². The van der Waals surface area contributed by atoms with Crippen molar-refractivity contribution in [2.24, 2.45) is 11.8 Å². The maximum absolute atomic E-state index is 12.3. The number of rotatable bonds is 5. The van der Waals surface area contributed by atoms with E-state index in [9.17, 15) is 19.2 Å². The van der Waals surface area contributed by atoms with Gasteiger partial charge in [-0.15, -0.1) is 0 Å². The smallest absolute Gasteiger partial charge is 0.276 e. The zero-order chi connectivity index (χ0) is 19.4. The van der Waals surface area contributed by atoms with E-state index in [0.717, 1.165) is 9.37 Å². The van der Waals surface area contributed by atoms with Crippen LogP contribution in [0.15, 0.2) is 40.9 Å². The van der Waals surface area contributed by atoms with Gasteiger partial charge in [0.2, 0.25) is 11.8 Å². The Balaban J connectivity index is 1.43. The predicted octanol–water partition coefficient (Wildman–Crippen LogP) is 0.926. The molecule has 4 amide bonds. The summed E-state index contributed by atoms with van der Waals surface area (Å²) in [5, 5.41) is 0. The van der Waals surface area contributed by atoms with Crippen LogP contribution in [0.2, 0.25) is 0 Å². The van der Waals surface area contributed by atoms with E-state index in [-0.39, 0.29) is 30.3 Å². The van der Waals surface area contributed by atoms with Crippen molar-refractivity contribution in [3.8, 4) is 5.75 Å². The molecule has 8 nitrogen and oxygen atoms in total. The molecule has 1 heterocycles. The van der Waals surface area contributed by atoms with Gasteiger partial charge in [0, 0.05) is 4.47 Å². The number of hydrazine groups is 1. The SMILES string of the molecule is O=C(COc1ccc(Br)cc1)NNC(=O)CN1C(=O)[C@@H]2CC=CC[C@H]2C1=O. The van der Waals surface area contributed by atoms with E-state index in [1.807, 2.05) is 12.2 Å². The van der Waals surface area contributed by atoms with E-state index in [0.29, 0.717) is 18.6 Å². The maximum Gasteiger partial charge on any atom is 0.276 e. The molecule has 0 spiro atoms. The zero-order valence-corrected chi connectivity index (χ0v) is 15.9. The molecule has 2 aliphatic rings. The first kappa shape index (κ1) is 19.1. The number of carbonyl (C=O) groups is 4. The van der Waals surface area contributed by atoms with Gasteiger partial charge < -0.3 is 4.74 Å². The quantitative estimate of drug-likeness (QED) is 0.406. The summed E-state index contributed by atoms with van der Waals surface area (Å²) < 4.78 is 6.16. The van der Waals surface area contributed by atoms with Crippen molar-refractivity contribution in [1.82, 2.24) is 15.8 Å². The number of likely N-dealkylation sites (tertiary alicyclic amines) is 1. The summed E-state index contributed by atoms with van der Waals surface area (Å²) in [5.74, 6) is -2.16. The summed E-state index contributed by atoms with van der Waals surface area (Å²) in [4.78, 5) is 49.3. The summed E-state index contributed by atoms with van der Waals surface area (Å²) in [5.41, 5.74) is 4.39. The topological polar surface area (TPSA) is 105 Å². The van der Waals surface area contributed by atoms with Crippen molar-refractivity contribution in [1.29, 1.82) is 0 Å². The number of nitrogens with zero attached hydrogens (tertiary/aromatic N) is 1. The van der Waals surface area contributed by atoms with Crippen LogP contribution in [0.25, 0.3) is 0 Å². The normalized spacial score (nSPS) is 21.0. The van der Waals surface area contributed by atoms with Crippen molar-refractivity contribution >= 4 is 39.6 Å². The number of benzene rings is 1. The van der Waals surface area contributed by atoms with Gasteiger partial charge in [-0.1, -0.05) is 28.1 Å². The van der Waals surface area contributed by atoms with Gasteiger partial charge in [-0.05, 0) is 37.1 Å². The fourth-order valence-corrected chi connectivity index (χ4v) is 3.33. The Bertz CT molecular complexity index is 767. The molecule has 2 N–H and O–H groups in total. The Kier molecular flexibility index (Phi) is 5.90. The van der Waals surface area contributed by atoms with Crippen LogP contribution in [0.1, 0.15) is 12.8 Å². The number of ether oxygens (including phenoxy) is 1. The number of carbonyl (C=O) groups excluding carboxylic acids is 4. The van der Waals surface area contributed by atoms with Gasteiger partial charge in [0.05, 0.1) is 11.8 Å². The second-order valence-electron chi connectivity index (χ2n) is 6.26. The Morgan fingerprint density at radius 2 is 1.56 bits per heavy atom. The number of imide groups is 1. The molecule has 0 aromatic heterocycles. The fourth-order valence-electron chi connectivity index (χ4n) is 3.06. The Morgan fingerprint density at radius 1 is 1.00 bits per heavy atom. The Hall–Kier alpha value is -2.68. The Morgan fingerprint density at radius 3 is 2.15 bits per heavy atom. The van der Waals surface area contributed by atoms with E-state index in [1.54, 1.807) is 24.3 Å². The molecule has 1 aromatic carbocycles. The molecule has 1 saturated heterocycles. The zero-order valence-electron chi connectivity index (χ0n) is 14.3. The van der Waals surface area contributed by atoms with E-state index in [1.165, 1.54) is 0 Å². The highest BCUT2D eigenvalue weighted by Crippen LogP contribution is 2.34. The maximum atomic E-state index is 12.3. The minimum atomic E-state index is -0.653. The number of nitrogens with one attached hydrogen (secondary N) is 2. The lowest BCUT2D eigenvalue weighted by atomic mass is 9.85. The molecule has 1 aliphatic heterocycles. The summed E-state index contributed by atoms with van der Waals surface area (Å²) in [6.45, 7) is -0.710. The molecule has 1 fully saturated rings. The highest BCUT2D eigenvalue weighted by Gasteiger charge is 2.47. The van der Waals surface area contributed by atoms with Crippen LogP contribution >= 0.6 is 15.9 Å². The first-order valence-corrected chi connectivity index (χ1v) is 9.21. The predicted molar refractivity (Wildman–Crippen MR) is 98.0 cm³/mol. The van der Waals surface area contributed by atoms with Crippen LogP contribution in [-0.2, 0) is 19.2 Å². The summed E-state index contributed by atoms with van der Waals surface area (Å²) in [6, 6.07) is 6.92. The summed E-state index contributed by atoms with van der Waals surface area (Å²) >= 11 is 3.29. The molecule has 1 aromatic rings. The standard InChI is InChI=1S/C18H18BrN3O5/c19-11-5-7-12(8-6-11)27-10-16(24)21-20-15(23)9-22-17(25)13-3-1-2-4-14(13)18(22)26/h1-2,5-8,13-14H,3-4,9-10H2,(H,20,23)(H,21,24)/t13-,14-/m1/s1.